The molecule has 0 aliphatic rings. The normalized spacial score (nSPS) is 10.4. The lowest BCUT2D eigenvalue weighted by Crippen LogP contribution is -2.15. The SMILES string of the molecule is CN(Cc1ccc(Br)s1)c1ccncc1Cl. The topological polar surface area (TPSA) is 16.1 Å². The first-order valence-corrected chi connectivity index (χ1v) is 6.70. The third-order valence-electron chi connectivity index (χ3n) is 2.18. The van der Waals surface area contributed by atoms with Gasteiger partial charge in [0, 0.05) is 24.3 Å². The largest absolute Gasteiger partial charge is 0.368 e. The molecule has 2 nitrogen and oxygen atoms in total. The molecule has 0 aliphatic carbocycles. The lowest BCUT2D eigenvalue weighted by atomic mass is 10.3. The van der Waals surface area contributed by atoms with Crippen molar-refractivity contribution in [2.24, 2.45) is 0 Å². The van der Waals surface area contributed by atoms with Crippen LogP contribution in [0.15, 0.2) is 34.4 Å². The minimum atomic E-state index is 0.681. The summed E-state index contributed by atoms with van der Waals surface area (Å²) in [5, 5.41) is 0.681. The summed E-state index contributed by atoms with van der Waals surface area (Å²) in [5.74, 6) is 0. The summed E-state index contributed by atoms with van der Waals surface area (Å²) in [4.78, 5) is 7.38. The van der Waals surface area contributed by atoms with Gasteiger partial charge in [0.25, 0.3) is 0 Å². The zero-order valence-corrected chi connectivity index (χ0v) is 11.8. The number of anilines is 1. The molecule has 0 amide bonds. The summed E-state index contributed by atoms with van der Waals surface area (Å²) >= 11 is 11.3. The molecule has 2 aromatic rings. The monoisotopic (exact) mass is 316 g/mol. The number of nitrogens with zero attached hydrogens (tertiary/aromatic N) is 2. The molecule has 0 saturated heterocycles. The Morgan fingerprint density at radius 3 is 2.88 bits per heavy atom. The highest BCUT2D eigenvalue weighted by Crippen LogP contribution is 2.27. The molecule has 0 bridgehead atoms. The van der Waals surface area contributed by atoms with Crippen molar-refractivity contribution >= 4 is 44.6 Å². The minimum Gasteiger partial charge on any atom is -0.368 e. The van der Waals surface area contributed by atoms with E-state index in [4.69, 9.17) is 11.6 Å². The van der Waals surface area contributed by atoms with Gasteiger partial charge in [0.15, 0.2) is 0 Å². The van der Waals surface area contributed by atoms with E-state index in [0.29, 0.717) is 5.02 Å². The third kappa shape index (κ3) is 2.75. The second kappa shape index (κ2) is 5.17. The summed E-state index contributed by atoms with van der Waals surface area (Å²) in [5.41, 5.74) is 1.00. The summed E-state index contributed by atoms with van der Waals surface area (Å²) in [7, 11) is 2.02. The Morgan fingerprint density at radius 1 is 1.44 bits per heavy atom. The molecule has 0 aromatic carbocycles. The molecule has 84 valence electrons. The van der Waals surface area contributed by atoms with Crippen LogP contribution in [0, 0.1) is 0 Å². The first-order valence-electron chi connectivity index (χ1n) is 4.71. The summed E-state index contributed by atoms with van der Waals surface area (Å²) < 4.78 is 1.15. The molecule has 16 heavy (non-hydrogen) atoms. The van der Waals surface area contributed by atoms with E-state index in [1.54, 1.807) is 23.7 Å². The summed E-state index contributed by atoms with van der Waals surface area (Å²) in [6.45, 7) is 0.847. The molecule has 2 heterocycles. The van der Waals surface area contributed by atoms with Gasteiger partial charge in [-0.15, -0.1) is 11.3 Å². The van der Waals surface area contributed by atoms with Crippen LogP contribution in [0.25, 0.3) is 0 Å². The van der Waals surface area contributed by atoms with Crippen molar-refractivity contribution in [1.82, 2.24) is 4.98 Å². The smallest absolute Gasteiger partial charge is 0.0822 e. The van der Waals surface area contributed by atoms with Crippen LogP contribution in [0.3, 0.4) is 0 Å². The Hall–Kier alpha value is -0.580. The maximum absolute atomic E-state index is 6.08. The first-order chi connectivity index (χ1) is 7.66. The van der Waals surface area contributed by atoms with Gasteiger partial charge in [-0.05, 0) is 34.1 Å². The molecule has 0 fully saturated rings. The minimum absolute atomic E-state index is 0.681. The average Bonchev–Trinajstić information content (AvgIpc) is 2.64. The molecule has 0 saturated carbocycles. The van der Waals surface area contributed by atoms with E-state index in [0.717, 1.165) is 16.0 Å². The second-order valence-corrected chi connectivity index (χ2v) is 6.34. The van der Waals surface area contributed by atoms with E-state index in [1.165, 1.54) is 4.88 Å². The fourth-order valence-corrected chi connectivity index (χ4v) is 3.23. The van der Waals surface area contributed by atoms with Crippen molar-refractivity contribution in [3.63, 3.8) is 0 Å². The zero-order valence-electron chi connectivity index (χ0n) is 8.65. The van der Waals surface area contributed by atoms with E-state index in [1.807, 2.05) is 13.1 Å². The molecule has 2 rings (SSSR count). The van der Waals surface area contributed by atoms with E-state index >= 15 is 0 Å². The number of thiophene rings is 1. The van der Waals surface area contributed by atoms with Gasteiger partial charge in [-0.1, -0.05) is 11.6 Å². The van der Waals surface area contributed by atoms with Gasteiger partial charge < -0.3 is 4.90 Å². The fourth-order valence-electron chi connectivity index (χ4n) is 1.43. The summed E-state index contributed by atoms with van der Waals surface area (Å²) in [6, 6.07) is 6.09. The molecule has 0 aliphatic heterocycles. The standard InChI is InChI=1S/C11H10BrClN2S/c1-15(7-8-2-3-11(12)16-8)10-4-5-14-6-9(10)13/h2-6H,7H2,1H3. The van der Waals surface area contributed by atoms with E-state index in [2.05, 4.69) is 37.9 Å². The van der Waals surface area contributed by atoms with Crippen molar-refractivity contribution in [2.75, 3.05) is 11.9 Å². The Bertz CT molecular complexity index is 486. The van der Waals surface area contributed by atoms with Crippen LogP contribution in [0.4, 0.5) is 5.69 Å². The van der Waals surface area contributed by atoms with Gasteiger partial charge in [-0.2, -0.15) is 0 Å². The van der Waals surface area contributed by atoms with Gasteiger partial charge in [-0.25, -0.2) is 0 Å². The Labute approximate surface area is 112 Å². The number of hydrogen-bond donors (Lipinski definition) is 0. The number of aromatic nitrogens is 1. The van der Waals surface area contributed by atoms with Crippen molar-refractivity contribution < 1.29 is 0 Å². The van der Waals surface area contributed by atoms with Crippen molar-refractivity contribution in [3.05, 3.63) is 44.3 Å². The van der Waals surface area contributed by atoms with Gasteiger partial charge in [0.2, 0.25) is 0 Å². The molecule has 0 unspecified atom stereocenters. The number of halogens is 2. The fraction of sp³-hybridized carbons (Fsp3) is 0.182. The molecule has 0 spiro atoms. The van der Waals surface area contributed by atoms with Crippen LogP contribution in [0.1, 0.15) is 4.88 Å². The molecule has 5 heteroatoms. The quantitative estimate of drug-likeness (QED) is 0.843. The van der Waals surface area contributed by atoms with Crippen LogP contribution in [-0.2, 0) is 6.54 Å². The molecular weight excluding hydrogens is 308 g/mol. The zero-order chi connectivity index (χ0) is 11.5. The lowest BCUT2D eigenvalue weighted by Gasteiger charge is -2.19. The highest BCUT2D eigenvalue weighted by atomic mass is 79.9. The van der Waals surface area contributed by atoms with Gasteiger partial charge in [0.05, 0.1) is 21.0 Å². The predicted molar refractivity (Wildman–Crippen MR) is 73.4 cm³/mol. The van der Waals surface area contributed by atoms with E-state index < -0.39 is 0 Å². The van der Waals surface area contributed by atoms with Gasteiger partial charge >= 0.3 is 0 Å². The third-order valence-corrected chi connectivity index (χ3v) is 4.08. The van der Waals surface area contributed by atoms with E-state index in [-0.39, 0.29) is 0 Å². The maximum atomic E-state index is 6.08. The van der Waals surface area contributed by atoms with Crippen molar-refractivity contribution in [1.29, 1.82) is 0 Å². The van der Waals surface area contributed by atoms with Crippen LogP contribution in [0.5, 0.6) is 0 Å². The second-order valence-electron chi connectivity index (χ2n) is 3.39. The van der Waals surface area contributed by atoms with Crippen LogP contribution in [0.2, 0.25) is 5.02 Å². The lowest BCUT2D eigenvalue weighted by molar-refractivity contribution is 0.938. The Balaban J connectivity index is 2.14. The van der Waals surface area contributed by atoms with Crippen molar-refractivity contribution in [3.8, 4) is 0 Å². The van der Waals surface area contributed by atoms with Crippen LogP contribution >= 0.6 is 38.9 Å². The highest BCUT2D eigenvalue weighted by molar-refractivity contribution is 9.11. The maximum Gasteiger partial charge on any atom is 0.0822 e. The van der Waals surface area contributed by atoms with Gasteiger partial charge in [0.1, 0.15) is 0 Å². The van der Waals surface area contributed by atoms with Crippen LogP contribution in [-0.4, -0.2) is 12.0 Å². The van der Waals surface area contributed by atoms with Gasteiger partial charge in [-0.3, -0.25) is 4.98 Å². The predicted octanol–water partition coefficient (Wildman–Crippen LogP) is 4.20. The summed E-state index contributed by atoms with van der Waals surface area (Å²) in [6.07, 6.45) is 3.42. The highest BCUT2D eigenvalue weighted by Gasteiger charge is 2.07. The first kappa shape index (κ1) is 11.9. The number of hydrogen-bond acceptors (Lipinski definition) is 3. The Kier molecular flexibility index (Phi) is 3.84. The Morgan fingerprint density at radius 2 is 2.25 bits per heavy atom. The van der Waals surface area contributed by atoms with Crippen LogP contribution < -0.4 is 4.90 Å². The molecule has 0 atom stereocenters. The van der Waals surface area contributed by atoms with Crippen molar-refractivity contribution in [2.45, 2.75) is 6.54 Å². The number of rotatable bonds is 3. The number of pyridine rings is 1. The average molecular weight is 318 g/mol. The molecule has 2 aromatic heterocycles. The molecular formula is C11H10BrClN2S. The molecule has 0 N–H and O–H groups in total. The van der Waals surface area contributed by atoms with E-state index in [9.17, 15) is 0 Å². The molecule has 0 radical (unpaired) electrons.